The molecule has 0 saturated carbocycles. The molecule has 2 rings (SSSR count). The molecular weight excluding hydrogens is 322 g/mol. The summed E-state index contributed by atoms with van der Waals surface area (Å²) in [6.07, 6.45) is 1.58. The molecule has 0 bridgehead atoms. The van der Waals surface area contributed by atoms with Crippen LogP contribution in [0.5, 0.6) is 5.75 Å². The highest BCUT2D eigenvalue weighted by Gasteiger charge is 2.06. The van der Waals surface area contributed by atoms with Crippen LogP contribution in [-0.2, 0) is 4.79 Å². The summed E-state index contributed by atoms with van der Waals surface area (Å²) in [6.45, 7) is 1.79. The van der Waals surface area contributed by atoms with Crippen LogP contribution in [0.4, 0.5) is 11.4 Å². The lowest BCUT2D eigenvalue weighted by Gasteiger charge is -2.09. The summed E-state index contributed by atoms with van der Waals surface area (Å²) in [6, 6.07) is 8.86. The van der Waals surface area contributed by atoms with Gasteiger partial charge in [-0.3, -0.25) is 4.79 Å². The van der Waals surface area contributed by atoms with Crippen LogP contribution in [0.3, 0.4) is 0 Å². The zero-order valence-corrected chi connectivity index (χ0v) is 12.5. The average Bonchev–Trinajstić information content (AvgIpc) is 2.42. The Morgan fingerprint density at radius 3 is 2.90 bits per heavy atom. The van der Waals surface area contributed by atoms with Crippen molar-refractivity contribution >= 4 is 33.2 Å². The van der Waals surface area contributed by atoms with Crippen LogP contribution in [0.2, 0.25) is 0 Å². The summed E-state index contributed by atoms with van der Waals surface area (Å²) in [5.41, 5.74) is 7.79. The quantitative estimate of drug-likeness (QED) is 0.665. The average molecular weight is 336 g/mol. The molecule has 0 saturated heterocycles. The third kappa shape index (κ3) is 3.71. The van der Waals surface area contributed by atoms with Gasteiger partial charge in [-0.05, 0) is 46.6 Å². The molecule has 104 valence electrons. The Hall–Kier alpha value is -2.08. The third-order valence-electron chi connectivity index (χ3n) is 2.58. The number of aromatic nitrogens is 1. The molecule has 0 atom stereocenters. The smallest absolute Gasteiger partial charge is 0.262 e. The number of halogens is 1. The van der Waals surface area contributed by atoms with E-state index in [1.807, 2.05) is 13.0 Å². The first-order valence-corrected chi connectivity index (χ1v) is 6.75. The number of carbonyl (C=O) groups excluding carboxylic acids is 1. The monoisotopic (exact) mass is 335 g/mol. The molecule has 0 unspecified atom stereocenters. The molecule has 0 aliphatic carbocycles. The summed E-state index contributed by atoms with van der Waals surface area (Å²) < 4.78 is 6.11. The Morgan fingerprint density at radius 2 is 2.20 bits per heavy atom. The van der Waals surface area contributed by atoms with Crippen LogP contribution >= 0.6 is 15.9 Å². The zero-order chi connectivity index (χ0) is 14.5. The predicted octanol–water partition coefficient (Wildman–Crippen LogP) is 2.75. The molecule has 1 aromatic carbocycles. The Balaban J connectivity index is 1.93. The largest absolute Gasteiger partial charge is 0.482 e. The second-order valence-corrected chi connectivity index (χ2v) is 4.96. The molecule has 20 heavy (non-hydrogen) atoms. The van der Waals surface area contributed by atoms with Crippen LogP contribution < -0.4 is 15.8 Å². The molecule has 0 spiro atoms. The number of pyridine rings is 1. The van der Waals surface area contributed by atoms with Gasteiger partial charge in [0.1, 0.15) is 10.4 Å². The van der Waals surface area contributed by atoms with Crippen LogP contribution in [-0.4, -0.2) is 17.5 Å². The van der Waals surface area contributed by atoms with E-state index >= 15 is 0 Å². The van der Waals surface area contributed by atoms with Gasteiger partial charge in [0, 0.05) is 0 Å². The SMILES string of the molecule is Cc1cc(NC(=O)COc2ccccc2N)cnc1Br. The lowest BCUT2D eigenvalue weighted by atomic mass is 10.3. The molecule has 6 heteroatoms. The van der Waals surface area contributed by atoms with E-state index in [-0.39, 0.29) is 12.5 Å². The fourth-order valence-electron chi connectivity index (χ4n) is 1.58. The van der Waals surface area contributed by atoms with Crippen LogP contribution in [0.1, 0.15) is 5.56 Å². The number of nitrogens with two attached hydrogens (primary N) is 1. The second-order valence-electron chi connectivity index (χ2n) is 4.21. The van der Waals surface area contributed by atoms with Gasteiger partial charge in [0.15, 0.2) is 6.61 Å². The van der Waals surface area contributed by atoms with Crippen molar-refractivity contribution in [1.29, 1.82) is 0 Å². The van der Waals surface area contributed by atoms with E-state index in [9.17, 15) is 4.79 Å². The summed E-state index contributed by atoms with van der Waals surface area (Å²) in [7, 11) is 0. The highest BCUT2D eigenvalue weighted by atomic mass is 79.9. The molecule has 5 nitrogen and oxygen atoms in total. The second kappa shape index (κ2) is 6.38. The summed E-state index contributed by atoms with van der Waals surface area (Å²) >= 11 is 3.30. The lowest BCUT2D eigenvalue weighted by Crippen LogP contribution is -2.20. The van der Waals surface area contributed by atoms with Gasteiger partial charge in [0.25, 0.3) is 5.91 Å². The van der Waals surface area contributed by atoms with Crippen molar-refractivity contribution in [2.75, 3.05) is 17.7 Å². The molecular formula is C14H14BrN3O2. The van der Waals surface area contributed by atoms with E-state index in [0.717, 1.165) is 10.2 Å². The topological polar surface area (TPSA) is 77.2 Å². The van der Waals surface area contributed by atoms with Gasteiger partial charge in [-0.25, -0.2) is 4.98 Å². The number of carbonyl (C=O) groups is 1. The van der Waals surface area contributed by atoms with E-state index in [1.54, 1.807) is 30.5 Å². The normalized spacial score (nSPS) is 10.1. The molecule has 0 fully saturated rings. The van der Waals surface area contributed by atoms with Gasteiger partial charge >= 0.3 is 0 Å². The van der Waals surface area contributed by atoms with Gasteiger partial charge in [0.2, 0.25) is 0 Å². The zero-order valence-electron chi connectivity index (χ0n) is 10.9. The number of rotatable bonds is 4. The molecule has 1 aromatic heterocycles. The van der Waals surface area contributed by atoms with Crippen molar-refractivity contribution < 1.29 is 9.53 Å². The first-order chi connectivity index (χ1) is 9.56. The Morgan fingerprint density at radius 1 is 1.45 bits per heavy atom. The summed E-state index contributed by atoms with van der Waals surface area (Å²) in [5, 5.41) is 2.71. The fourth-order valence-corrected chi connectivity index (χ4v) is 1.80. The van der Waals surface area contributed by atoms with E-state index in [1.165, 1.54) is 0 Å². The Bertz CT molecular complexity index is 632. The number of aryl methyl sites for hydroxylation is 1. The third-order valence-corrected chi connectivity index (χ3v) is 3.41. The van der Waals surface area contributed by atoms with Crippen molar-refractivity contribution in [3.63, 3.8) is 0 Å². The molecule has 0 aliphatic rings. The number of amides is 1. The number of nitrogen functional groups attached to an aromatic ring is 1. The van der Waals surface area contributed by atoms with Crippen LogP contribution in [0, 0.1) is 6.92 Å². The van der Waals surface area contributed by atoms with Gasteiger partial charge in [-0.1, -0.05) is 12.1 Å². The van der Waals surface area contributed by atoms with Crippen molar-refractivity contribution in [2.45, 2.75) is 6.92 Å². The van der Waals surface area contributed by atoms with E-state index < -0.39 is 0 Å². The van der Waals surface area contributed by atoms with E-state index in [2.05, 4.69) is 26.2 Å². The highest BCUT2D eigenvalue weighted by Crippen LogP contribution is 2.20. The van der Waals surface area contributed by atoms with Crippen molar-refractivity contribution in [3.8, 4) is 5.75 Å². The summed E-state index contributed by atoms with van der Waals surface area (Å²) in [4.78, 5) is 15.9. The first kappa shape index (κ1) is 14.3. The maximum Gasteiger partial charge on any atom is 0.262 e. The van der Waals surface area contributed by atoms with Crippen molar-refractivity contribution in [1.82, 2.24) is 4.98 Å². The fraction of sp³-hybridized carbons (Fsp3) is 0.143. The molecule has 0 aliphatic heterocycles. The number of nitrogens with one attached hydrogen (secondary N) is 1. The van der Waals surface area contributed by atoms with E-state index in [0.29, 0.717) is 17.1 Å². The van der Waals surface area contributed by atoms with Gasteiger partial charge < -0.3 is 15.8 Å². The number of benzene rings is 1. The minimum atomic E-state index is -0.267. The number of anilines is 2. The summed E-state index contributed by atoms with van der Waals surface area (Å²) in [5.74, 6) is 0.226. The number of ether oxygens (including phenoxy) is 1. The molecule has 0 radical (unpaired) electrons. The Kier molecular flexibility index (Phi) is 4.57. The molecule has 2 aromatic rings. The first-order valence-electron chi connectivity index (χ1n) is 5.95. The number of para-hydroxylation sites is 2. The maximum atomic E-state index is 11.8. The van der Waals surface area contributed by atoms with Gasteiger partial charge in [-0.15, -0.1) is 0 Å². The lowest BCUT2D eigenvalue weighted by molar-refractivity contribution is -0.118. The number of nitrogens with zero attached hydrogens (tertiary/aromatic N) is 1. The van der Waals surface area contributed by atoms with Crippen molar-refractivity contribution in [3.05, 3.63) is 46.7 Å². The maximum absolute atomic E-state index is 11.8. The van der Waals surface area contributed by atoms with Gasteiger partial charge in [0.05, 0.1) is 17.6 Å². The minimum absolute atomic E-state index is 0.108. The number of hydrogen-bond donors (Lipinski definition) is 2. The number of hydrogen-bond acceptors (Lipinski definition) is 4. The van der Waals surface area contributed by atoms with Crippen molar-refractivity contribution in [2.24, 2.45) is 0 Å². The predicted molar refractivity (Wildman–Crippen MR) is 81.7 cm³/mol. The highest BCUT2D eigenvalue weighted by molar-refractivity contribution is 9.10. The van der Waals surface area contributed by atoms with Crippen LogP contribution in [0.15, 0.2) is 41.1 Å². The minimum Gasteiger partial charge on any atom is -0.482 e. The molecule has 3 N–H and O–H groups in total. The van der Waals surface area contributed by atoms with Crippen LogP contribution in [0.25, 0.3) is 0 Å². The van der Waals surface area contributed by atoms with Gasteiger partial charge in [-0.2, -0.15) is 0 Å². The standard InChI is InChI=1S/C14H14BrN3O2/c1-9-6-10(7-17-14(9)15)18-13(19)8-20-12-5-3-2-4-11(12)16/h2-7H,8,16H2,1H3,(H,18,19). The molecule has 1 heterocycles. The van der Waals surface area contributed by atoms with E-state index in [4.69, 9.17) is 10.5 Å². The molecule has 1 amide bonds. The Labute approximate surface area is 125 Å².